The molecule has 23 heavy (non-hydrogen) atoms. The predicted molar refractivity (Wildman–Crippen MR) is 88.5 cm³/mol. The van der Waals surface area contributed by atoms with Crippen LogP contribution in [0.25, 0.3) is 0 Å². The van der Waals surface area contributed by atoms with Gasteiger partial charge < -0.3 is 14.9 Å². The van der Waals surface area contributed by atoms with Crippen molar-refractivity contribution in [2.45, 2.75) is 32.3 Å². The summed E-state index contributed by atoms with van der Waals surface area (Å²) in [4.78, 5) is 28.4. The van der Waals surface area contributed by atoms with Crippen molar-refractivity contribution in [3.8, 4) is 0 Å². The fraction of sp³-hybridized carbons (Fsp3) is 0.529. The Labute approximate surface area is 140 Å². The van der Waals surface area contributed by atoms with Crippen LogP contribution in [0.5, 0.6) is 0 Å². The molecule has 0 aromatic heterocycles. The minimum absolute atomic E-state index is 0.0208. The lowest BCUT2D eigenvalue weighted by molar-refractivity contribution is -0.137. The van der Waals surface area contributed by atoms with E-state index in [1.807, 2.05) is 13.0 Å². The Kier molecular flexibility index (Phi) is 4.60. The third-order valence-electron chi connectivity index (χ3n) is 4.71. The van der Waals surface area contributed by atoms with Crippen molar-refractivity contribution < 1.29 is 14.7 Å². The second-order valence-electron chi connectivity index (χ2n) is 6.39. The number of anilines is 1. The van der Waals surface area contributed by atoms with Gasteiger partial charge >= 0.3 is 0 Å². The van der Waals surface area contributed by atoms with Crippen LogP contribution in [0.4, 0.5) is 5.69 Å². The first kappa shape index (κ1) is 16.3. The molecule has 2 saturated heterocycles. The summed E-state index contributed by atoms with van der Waals surface area (Å²) in [6.45, 7) is 3.47. The highest BCUT2D eigenvalue weighted by Crippen LogP contribution is 2.31. The summed E-state index contributed by atoms with van der Waals surface area (Å²) in [6, 6.07) is 5.45. The molecule has 2 heterocycles. The zero-order valence-electron chi connectivity index (χ0n) is 13.2. The van der Waals surface area contributed by atoms with E-state index in [0.29, 0.717) is 37.5 Å². The predicted octanol–water partition coefficient (Wildman–Crippen LogP) is 1.98. The molecular weight excluding hydrogens is 316 g/mol. The van der Waals surface area contributed by atoms with E-state index in [1.165, 1.54) is 0 Å². The van der Waals surface area contributed by atoms with Crippen molar-refractivity contribution in [2.75, 3.05) is 24.5 Å². The van der Waals surface area contributed by atoms with Gasteiger partial charge in [0.2, 0.25) is 11.8 Å². The fourth-order valence-electron chi connectivity index (χ4n) is 3.32. The molecule has 3 rings (SSSR count). The van der Waals surface area contributed by atoms with E-state index >= 15 is 0 Å². The second-order valence-corrected chi connectivity index (χ2v) is 6.83. The third-order valence-corrected chi connectivity index (χ3v) is 4.95. The first-order valence-corrected chi connectivity index (χ1v) is 8.37. The number of rotatable bonds is 2. The molecule has 1 N–H and O–H groups in total. The molecule has 1 aromatic carbocycles. The number of carbonyl (C=O) groups excluding carboxylic acids is 2. The SMILES string of the molecule is Cc1ccc(Cl)cc1N1CC(C(=O)N2CCC(O)CC2)CC1=O. The minimum Gasteiger partial charge on any atom is -0.393 e. The molecule has 1 unspecified atom stereocenters. The van der Waals surface area contributed by atoms with Gasteiger partial charge in [0, 0.05) is 36.8 Å². The molecule has 2 aliphatic heterocycles. The molecule has 2 aliphatic rings. The molecule has 124 valence electrons. The maximum atomic E-state index is 12.6. The Hall–Kier alpha value is -1.59. The average Bonchev–Trinajstić information content (AvgIpc) is 2.91. The van der Waals surface area contributed by atoms with Crippen LogP contribution < -0.4 is 4.90 Å². The Balaban J connectivity index is 1.72. The van der Waals surface area contributed by atoms with Crippen LogP contribution in [-0.4, -0.2) is 47.6 Å². The molecule has 0 saturated carbocycles. The van der Waals surface area contributed by atoms with Crippen molar-refractivity contribution >= 4 is 29.1 Å². The highest BCUT2D eigenvalue weighted by molar-refractivity contribution is 6.31. The molecule has 1 aromatic rings. The molecule has 0 radical (unpaired) electrons. The van der Waals surface area contributed by atoms with Crippen LogP contribution in [0.1, 0.15) is 24.8 Å². The smallest absolute Gasteiger partial charge is 0.228 e. The number of carbonyl (C=O) groups is 2. The maximum Gasteiger partial charge on any atom is 0.228 e. The number of nitrogens with zero attached hydrogens (tertiary/aromatic N) is 2. The number of hydrogen-bond donors (Lipinski definition) is 1. The summed E-state index contributed by atoms with van der Waals surface area (Å²) in [7, 11) is 0. The number of amides is 2. The quantitative estimate of drug-likeness (QED) is 0.898. The van der Waals surface area contributed by atoms with Crippen molar-refractivity contribution in [3.05, 3.63) is 28.8 Å². The topological polar surface area (TPSA) is 60.9 Å². The summed E-state index contributed by atoms with van der Waals surface area (Å²) in [5.41, 5.74) is 1.75. The van der Waals surface area contributed by atoms with Gasteiger partial charge in [-0.3, -0.25) is 9.59 Å². The average molecular weight is 337 g/mol. The number of aliphatic hydroxyl groups excluding tert-OH is 1. The molecule has 0 aliphatic carbocycles. The van der Waals surface area contributed by atoms with Gasteiger partial charge in [-0.2, -0.15) is 0 Å². The molecular formula is C17H21ClN2O3. The first-order valence-electron chi connectivity index (χ1n) is 7.99. The van der Waals surface area contributed by atoms with Gasteiger partial charge in [0.05, 0.1) is 12.0 Å². The van der Waals surface area contributed by atoms with Crippen LogP contribution in [0.3, 0.4) is 0 Å². The number of aryl methyl sites for hydroxylation is 1. The molecule has 2 amide bonds. The van der Waals surface area contributed by atoms with Gasteiger partial charge in [-0.15, -0.1) is 0 Å². The number of benzene rings is 1. The molecule has 2 fully saturated rings. The van der Waals surface area contributed by atoms with Crippen LogP contribution in [0.2, 0.25) is 5.02 Å². The second kappa shape index (κ2) is 6.49. The van der Waals surface area contributed by atoms with Gasteiger partial charge in [0.25, 0.3) is 0 Å². The minimum atomic E-state index is -0.310. The number of halogens is 1. The van der Waals surface area contributed by atoms with E-state index in [0.717, 1.165) is 11.3 Å². The standard InChI is InChI=1S/C17H21ClN2O3/c1-11-2-3-13(18)9-15(11)20-10-12(8-16(20)22)17(23)19-6-4-14(21)5-7-19/h2-3,9,12,14,21H,4-8,10H2,1H3. The summed E-state index contributed by atoms with van der Waals surface area (Å²) < 4.78 is 0. The first-order chi connectivity index (χ1) is 11.0. The maximum absolute atomic E-state index is 12.6. The van der Waals surface area contributed by atoms with Crippen molar-refractivity contribution in [2.24, 2.45) is 5.92 Å². The summed E-state index contributed by atoms with van der Waals surface area (Å²) in [6.07, 6.45) is 1.16. The van der Waals surface area contributed by atoms with E-state index < -0.39 is 0 Å². The number of aliphatic hydroxyl groups is 1. The van der Waals surface area contributed by atoms with E-state index in [-0.39, 0.29) is 30.3 Å². The van der Waals surface area contributed by atoms with Crippen LogP contribution in [0.15, 0.2) is 18.2 Å². The fourth-order valence-corrected chi connectivity index (χ4v) is 3.49. The Morgan fingerprint density at radius 2 is 2.00 bits per heavy atom. The third kappa shape index (κ3) is 3.35. The normalized spacial score (nSPS) is 22.7. The number of piperidine rings is 1. The zero-order chi connectivity index (χ0) is 16.6. The monoisotopic (exact) mass is 336 g/mol. The Bertz CT molecular complexity index is 626. The Morgan fingerprint density at radius 1 is 1.30 bits per heavy atom. The molecule has 1 atom stereocenters. The van der Waals surface area contributed by atoms with Gasteiger partial charge in [0.15, 0.2) is 0 Å². The number of hydrogen-bond acceptors (Lipinski definition) is 3. The summed E-state index contributed by atoms with van der Waals surface area (Å²) in [5.74, 6) is -0.325. The lowest BCUT2D eigenvalue weighted by atomic mass is 10.0. The zero-order valence-corrected chi connectivity index (χ0v) is 13.9. The van der Waals surface area contributed by atoms with E-state index in [4.69, 9.17) is 11.6 Å². The summed E-state index contributed by atoms with van der Waals surface area (Å²) in [5, 5.41) is 10.1. The van der Waals surface area contributed by atoms with Gasteiger partial charge in [0.1, 0.15) is 0 Å². The molecule has 5 nitrogen and oxygen atoms in total. The Morgan fingerprint density at radius 3 is 2.70 bits per heavy atom. The van der Waals surface area contributed by atoms with E-state index in [1.54, 1.807) is 21.9 Å². The van der Waals surface area contributed by atoms with E-state index in [9.17, 15) is 14.7 Å². The summed E-state index contributed by atoms with van der Waals surface area (Å²) >= 11 is 6.04. The number of likely N-dealkylation sites (tertiary alicyclic amines) is 1. The molecule has 0 bridgehead atoms. The lowest BCUT2D eigenvalue weighted by Gasteiger charge is -2.31. The van der Waals surface area contributed by atoms with Crippen molar-refractivity contribution in [1.29, 1.82) is 0 Å². The highest BCUT2D eigenvalue weighted by atomic mass is 35.5. The molecule has 0 spiro atoms. The van der Waals surface area contributed by atoms with E-state index in [2.05, 4.69) is 0 Å². The van der Waals surface area contributed by atoms with Gasteiger partial charge in [-0.05, 0) is 37.5 Å². The van der Waals surface area contributed by atoms with Crippen LogP contribution in [-0.2, 0) is 9.59 Å². The lowest BCUT2D eigenvalue weighted by Crippen LogP contribution is -2.43. The van der Waals surface area contributed by atoms with Gasteiger partial charge in [-0.1, -0.05) is 17.7 Å². The van der Waals surface area contributed by atoms with Crippen molar-refractivity contribution in [3.63, 3.8) is 0 Å². The van der Waals surface area contributed by atoms with Crippen molar-refractivity contribution in [1.82, 2.24) is 4.90 Å². The highest BCUT2D eigenvalue weighted by Gasteiger charge is 2.38. The largest absolute Gasteiger partial charge is 0.393 e. The molecule has 6 heteroatoms. The van der Waals surface area contributed by atoms with Crippen LogP contribution >= 0.6 is 11.6 Å². The van der Waals surface area contributed by atoms with Gasteiger partial charge in [-0.25, -0.2) is 0 Å². The van der Waals surface area contributed by atoms with Crippen LogP contribution in [0, 0.1) is 12.8 Å².